The molecule has 0 saturated heterocycles. The number of allylic oxidation sites excluding steroid dienone is 1. The lowest BCUT2D eigenvalue weighted by molar-refractivity contribution is -0.113. The molecule has 7 nitrogen and oxygen atoms in total. The Bertz CT molecular complexity index is 1320. The number of ether oxygens (including phenoxy) is 1. The minimum Gasteiger partial charge on any atom is -0.481 e. The highest BCUT2D eigenvalue weighted by atomic mass is 35.5. The van der Waals surface area contributed by atoms with Gasteiger partial charge in [0.15, 0.2) is 22.2 Å². The average molecular weight is 526 g/mol. The van der Waals surface area contributed by atoms with E-state index in [1.807, 2.05) is 60.2 Å². The SMILES string of the molecule is C=CCn1c(SCC(=O)Nc2nc(-c3ccc(C)cc3)cs2)nnc1C(C)Oc1ccccc1Cl. The van der Waals surface area contributed by atoms with Crippen LogP contribution in [0.1, 0.15) is 24.4 Å². The van der Waals surface area contributed by atoms with Crippen molar-refractivity contribution in [2.24, 2.45) is 0 Å². The second-order valence-corrected chi connectivity index (χ2v) is 9.88. The molecule has 2 heterocycles. The highest BCUT2D eigenvalue weighted by molar-refractivity contribution is 7.99. The number of halogens is 1. The van der Waals surface area contributed by atoms with E-state index in [1.54, 1.807) is 18.2 Å². The second kappa shape index (κ2) is 11.5. The predicted octanol–water partition coefficient (Wildman–Crippen LogP) is 6.42. The second-order valence-electron chi connectivity index (χ2n) is 7.67. The van der Waals surface area contributed by atoms with Gasteiger partial charge in [-0.1, -0.05) is 71.4 Å². The smallest absolute Gasteiger partial charge is 0.236 e. The van der Waals surface area contributed by atoms with Gasteiger partial charge in [-0.2, -0.15) is 0 Å². The number of carbonyl (C=O) groups excluding carboxylic acids is 1. The van der Waals surface area contributed by atoms with Crippen LogP contribution in [0.15, 0.2) is 71.7 Å². The monoisotopic (exact) mass is 525 g/mol. The van der Waals surface area contributed by atoms with E-state index in [2.05, 4.69) is 27.1 Å². The van der Waals surface area contributed by atoms with Gasteiger partial charge >= 0.3 is 0 Å². The third-order valence-corrected chi connectivity index (χ3v) is 7.03. The van der Waals surface area contributed by atoms with Gasteiger partial charge in [-0.25, -0.2) is 4.98 Å². The molecule has 0 aliphatic carbocycles. The fourth-order valence-corrected chi connectivity index (χ4v) is 4.94. The number of thioether (sulfide) groups is 1. The van der Waals surface area contributed by atoms with Crippen molar-refractivity contribution < 1.29 is 9.53 Å². The van der Waals surface area contributed by atoms with Crippen LogP contribution in [0.4, 0.5) is 5.13 Å². The third-order valence-electron chi connectivity index (χ3n) is 4.99. The number of aryl methyl sites for hydroxylation is 1. The van der Waals surface area contributed by atoms with Crippen LogP contribution in [0.25, 0.3) is 11.3 Å². The van der Waals surface area contributed by atoms with Gasteiger partial charge in [-0.3, -0.25) is 9.36 Å². The molecule has 0 radical (unpaired) electrons. The van der Waals surface area contributed by atoms with Crippen LogP contribution in [0.3, 0.4) is 0 Å². The first-order chi connectivity index (χ1) is 16.9. The van der Waals surface area contributed by atoms with E-state index in [0.29, 0.717) is 33.4 Å². The third kappa shape index (κ3) is 6.30. The van der Waals surface area contributed by atoms with E-state index in [4.69, 9.17) is 16.3 Å². The topological polar surface area (TPSA) is 81.9 Å². The van der Waals surface area contributed by atoms with E-state index in [9.17, 15) is 4.79 Å². The molecule has 0 aliphatic heterocycles. The van der Waals surface area contributed by atoms with Crippen molar-refractivity contribution in [1.29, 1.82) is 0 Å². The number of thiazole rings is 1. The van der Waals surface area contributed by atoms with Crippen LogP contribution in [-0.4, -0.2) is 31.4 Å². The number of hydrogen-bond donors (Lipinski definition) is 1. The molecule has 10 heteroatoms. The lowest BCUT2D eigenvalue weighted by Crippen LogP contribution is -2.15. The number of nitrogens with zero attached hydrogens (tertiary/aromatic N) is 4. The van der Waals surface area contributed by atoms with Crippen molar-refractivity contribution in [2.75, 3.05) is 11.1 Å². The van der Waals surface area contributed by atoms with Gasteiger partial charge in [0.05, 0.1) is 16.5 Å². The molecular formula is C25H24ClN5O2S2. The summed E-state index contributed by atoms with van der Waals surface area (Å²) in [4.78, 5) is 17.1. The molecule has 0 fully saturated rings. The molecule has 0 spiro atoms. The number of para-hydroxylation sites is 1. The number of carbonyl (C=O) groups is 1. The molecule has 4 rings (SSSR count). The van der Waals surface area contributed by atoms with Gasteiger partial charge in [0.1, 0.15) is 5.75 Å². The normalized spacial score (nSPS) is 11.7. The average Bonchev–Trinajstić information content (AvgIpc) is 3.47. The molecule has 4 aromatic rings. The summed E-state index contributed by atoms with van der Waals surface area (Å²) >= 11 is 8.90. The summed E-state index contributed by atoms with van der Waals surface area (Å²) < 4.78 is 7.88. The van der Waals surface area contributed by atoms with Gasteiger partial charge in [0.2, 0.25) is 5.91 Å². The van der Waals surface area contributed by atoms with Crippen molar-refractivity contribution in [3.8, 4) is 17.0 Å². The van der Waals surface area contributed by atoms with E-state index in [-0.39, 0.29) is 11.7 Å². The van der Waals surface area contributed by atoms with Gasteiger partial charge in [0.25, 0.3) is 0 Å². The van der Waals surface area contributed by atoms with Crippen molar-refractivity contribution in [1.82, 2.24) is 19.7 Å². The Balaban J connectivity index is 1.39. The number of nitrogens with one attached hydrogen (secondary N) is 1. The van der Waals surface area contributed by atoms with Crippen LogP contribution in [-0.2, 0) is 11.3 Å². The van der Waals surface area contributed by atoms with Crippen molar-refractivity contribution in [3.63, 3.8) is 0 Å². The van der Waals surface area contributed by atoms with E-state index in [0.717, 1.165) is 11.3 Å². The number of anilines is 1. The Morgan fingerprint density at radius 2 is 2.03 bits per heavy atom. The Hall–Kier alpha value is -3.14. The Labute approximate surface area is 217 Å². The Kier molecular flexibility index (Phi) is 8.22. The zero-order valence-corrected chi connectivity index (χ0v) is 21.7. The molecule has 35 heavy (non-hydrogen) atoms. The number of benzene rings is 2. The molecule has 1 amide bonds. The van der Waals surface area contributed by atoms with Gasteiger partial charge in [0, 0.05) is 17.5 Å². The summed E-state index contributed by atoms with van der Waals surface area (Å²) in [6.07, 6.45) is 1.35. The molecule has 0 bridgehead atoms. The Morgan fingerprint density at radius 1 is 1.26 bits per heavy atom. The molecule has 2 aromatic heterocycles. The Morgan fingerprint density at radius 3 is 2.77 bits per heavy atom. The van der Waals surface area contributed by atoms with E-state index < -0.39 is 6.10 Å². The maximum absolute atomic E-state index is 12.6. The zero-order chi connectivity index (χ0) is 24.8. The molecular weight excluding hydrogens is 502 g/mol. The minimum atomic E-state index is -0.402. The van der Waals surface area contributed by atoms with E-state index in [1.165, 1.54) is 28.7 Å². The highest BCUT2D eigenvalue weighted by Gasteiger charge is 2.20. The van der Waals surface area contributed by atoms with Crippen LogP contribution < -0.4 is 10.1 Å². The predicted molar refractivity (Wildman–Crippen MR) is 142 cm³/mol. The van der Waals surface area contributed by atoms with Crippen LogP contribution in [0, 0.1) is 6.92 Å². The van der Waals surface area contributed by atoms with Crippen LogP contribution >= 0.6 is 34.7 Å². The van der Waals surface area contributed by atoms with Gasteiger partial charge in [-0.05, 0) is 26.0 Å². The van der Waals surface area contributed by atoms with Gasteiger partial charge in [-0.15, -0.1) is 28.1 Å². The van der Waals surface area contributed by atoms with Crippen molar-refractivity contribution in [2.45, 2.75) is 31.7 Å². The number of amides is 1. The maximum atomic E-state index is 12.6. The lowest BCUT2D eigenvalue weighted by atomic mass is 10.1. The summed E-state index contributed by atoms with van der Waals surface area (Å²) in [5.74, 6) is 1.18. The number of aromatic nitrogens is 4. The van der Waals surface area contributed by atoms with Crippen molar-refractivity contribution in [3.05, 3.63) is 83.0 Å². The van der Waals surface area contributed by atoms with Crippen LogP contribution in [0.5, 0.6) is 5.75 Å². The molecule has 1 N–H and O–H groups in total. The first kappa shape index (κ1) is 25.0. The first-order valence-corrected chi connectivity index (χ1v) is 13.1. The standard InChI is InChI=1S/C25H24ClN5O2S2/c1-4-13-31-23(17(3)33-21-8-6-5-7-19(21)26)29-30-25(31)35-15-22(32)28-24-27-20(14-34-24)18-11-9-16(2)10-12-18/h4-12,14,17H,1,13,15H2,2-3H3,(H,27,28,32). The zero-order valence-electron chi connectivity index (χ0n) is 19.3. The summed E-state index contributed by atoms with van der Waals surface area (Å²) in [5.41, 5.74) is 3.03. The summed E-state index contributed by atoms with van der Waals surface area (Å²) in [5, 5.41) is 15.0. The highest BCUT2D eigenvalue weighted by Crippen LogP contribution is 2.30. The first-order valence-electron chi connectivity index (χ1n) is 10.8. The van der Waals surface area contributed by atoms with Crippen molar-refractivity contribution >= 4 is 45.7 Å². The molecule has 0 aliphatic rings. The summed E-state index contributed by atoms with van der Waals surface area (Å²) in [6, 6.07) is 15.4. The van der Waals surface area contributed by atoms with Gasteiger partial charge < -0.3 is 10.1 Å². The summed E-state index contributed by atoms with van der Waals surface area (Å²) in [7, 11) is 0. The lowest BCUT2D eigenvalue weighted by Gasteiger charge is -2.16. The molecule has 180 valence electrons. The molecule has 1 unspecified atom stereocenters. The molecule has 1 atom stereocenters. The van der Waals surface area contributed by atoms with E-state index >= 15 is 0 Å². The largest absolute Gasteiger partial charge is 0.481 e. The fraction of sp³-hybridized carbons (Fsp3) is 0.200. The maximum Gasteiger partial charge on any atom is 0.236 e. The molecule has 2 aromatic carbocycles. The minimum absolute atomic E-state index is 0.161. The number of hydrogen-bond acceptors (Lipinski definition) is 7. The molecule has 0 saturated carbocycles. The number of rotatable bonds is 10. The summed E-state index contributed by atoms with van der Waals surface area (Å²) in [6.45, 7) is 8.22. The quantitative estimate of drug-likeness (QED) is 0.190. The van der Waals surface area contributed by atoms with Crippen LogP contribution in [0.2, 0.25) is 5.02 Å². The fourth-order valence-electron chi connectivity index (χ4n) is 3.27.